The van der Waals surface area contributed by atoms with Crippen molar-refractivity contribution < 1.29 is 9.53 Å². The highest BCUT2D eigenvalue weighted by atomic mass is 16.6. The van der Waals surface area contributed by atoms with Gasteiger partial charge in [-0.15, -0.1) is 0 Å². The van der Waals surface area contributed by atoms with E-state index in [0.717, 1.165) is 5.69 Å². The molecule has 0 saturated heterocycles. The van der Waals surface area contributed by atoms with Gasteiger partial charge >= 0.3 is 6.09 Å². The number of hydrogen-bond donors (Lipinski definition) is 0. The number of benzene rings is 1. The Bertz CT molecular complexity index is 681. The molecule has 0 radical (unpaired) electrons. The molecule has 0 amide bonds. The topological polar surface area (TPSA) is 44.1 Å². The lowest BCUT2D eigenvalue weighted by molar-refractivity contribution is 0.0536. The summed E-state index contributed by atoms with van der Waals surface area (Å²) >= 11 is 0. The van der Waals surface area contributed by atoms with Gasteiger partial charge < -0.3 is 4.74 Å². The summed E-state index contributed by atoms with van der Waals surface area (Å²) in [6.07, 6.45) is 2.87. The van der Waals surface area contributed by atoms with Crippen LogP contribution in [0.3, 0.4) is 0 Å². The average molecular weight is 300 g/mol. The number of aromatic nitrogens is 2. The minimum atomic E-state index is -0.514. The quantitative estimate of drug-likeness (QED) is 0.824. The summed E-state index contributed by atoms with van der Waals surface area (Å²) in [6.45, 7) is 11.9. The molecule has 118 valence electrons. The number of carbonyl (C=O) groups excluding carboxylic acids is 1. The molecule has 1 aromatic carbocycles. The van der Waals surface area contributed by atoms with Crippen LogP contribution in [0.5, 0.6) is 0 Å². The molecule has 4 nitrogen and oxygen atoms in total. The largest absolute Gasteiger partial charge is 0.443 e. The smallest absolute Gasteiger partial charge is 0.419 e. The Labute approximate surface area is 132 Å². The zero-order valence-electron chi connectivity index (χ0n) is 14.2. The SMILES string of the molecule is Cc1cccc([C@H](C)c2cn(C(=O)OC(C)(C)C)cn2)c1C. The lowest BCUT2D eigenvalue weighted by Crippen LogP contribution is -2.26. The van der Waals surface area contributed by atoms with Crippen molar-refractivity contribution in [3.8, 4) is 0 Å². The van der Waals surface area contributed by atoms with Crippen molar-refractivity contribution in [2.45, 2.75) is 53.1 Å². The van der Waals surface area contributed by atoms with E-state index < -0.39 is 11.7 Å². The summed E-state index contributed by atoms with van der Waals surface area (Å²) in [4.78, 5) is 16.4. The van der Waals surface area contributed by atoms with Crippen LogP contribution in [-0.4, -0.2) is 21.2 Å². The molecule has 0 aliphatic rings. The Kier molecular flexibility index (Phi) is 4.40. The standard InChI is InChI=1S/C18H24N2O2/c1-12-8-7-9-15(13(12)2)14(3)16-10-20(11-19-16)17(21)22-18(4,5)6/h7-11,14H,1-6H3/t14-/m0/s1. The van der Waals surface area contributed by atoms with Crippen LogP contribution in [0.4, 0.5) is 4.79 Å². The Morgan fingerprint density at radius 1 is 1.27 bits per heavy atom. The van der Waals surface area contributed by atoms with E-state index in [9.17, 15) is 4.79 Å². The van der Waals surface area contributed by atoms with E-state index >= 15 is 0 Å². The van der Waals surface area contributed by atoms with Crippen LogP contribution in [-0.2, 0) is 4.74 Å². The van der Waals surface area contributed by atoms with Crippen LogP contribution in [0.15, 0.2) is 30.7 Å². The summed E-state index contributed by atoms with van der Waals surface area (Å²) in [7, 11) is 0. The maximum absolute atomic E-state index is 12.1. The van der Waals surface area contributed by atoms with E-state index in [2.05, 4.69) is 44.0 Å². The van der Waals surface area contributed by atoms with Gasteiger partial charge in [0.1, 0.15) is 11.9 Å². The van der Waals surface area contributed by atoms with Crippen molar-refractivity contribution in [1.82, 2.24) is 9.55 Å². The van der Waals surface area contributed by atoms with E-state index in [4.69, 9.17) is 4.74 Å². The summed E-state index contributed by atoms with van der Waals surface area (Å²) in [5.74, 6) is 0.128. The van der Waals surface area contributed by atoms with E-state index in [-0.39, 0.29) is 5.92 Å². The summed E-state index contributed by atoms with van der Waals surface area (Å²) in [5, 5.41) is 0. The molecule has 0 aliphatic heterocycles. The molecule has 0 spiro atoms. The molecule has 0 bridgehead atoms. The van der Waals surface area contributed by atoms with Gasteiger partial charge in [0.15, 0.2) is 0 Å². The van der Waals surface area contributed by atoms with Gasteiger partial charge in [0.2, 0.25) is 0 Å². The molecule has 1 heterocycles. The Morgan fingerprint density at radius 2 is 1.95 bits per heavy atom. The highest BCUT2D eigenvalue weighted by Crippen LogP contribution is 2.27. The van der Waals surface area contributed by atoms with Crippen molar-refractivity contribution in [3.63, 3.8) is 0 Å². The maximum Gasteiger partial charge on any atom is 0.419 e. The van der Waals surface area contributed by atoms with Gasteiger partial charge in [-0.05, 0) is 51.3 Å². The third kappa shape index (κ3) is 3.56. The molecule has 0 saturated carbocycles. The first-order chi connectivity index (χ1) is 10.2. The molecule has 0 fully saturated rings. The van der Waals surface area contributed by atoms with Crippen molar-refractivity contribution in [1.29, 1.82) is 0 Å². The molecule has 2 aromatic rings. The second-order valence-corrected chi connectivity index (χ2v) is 6.70. The van der Waals surface area contributed by atoms with Gasteiger partial charge in [-0.3, -0.25) is 0 Å². The molecule has 2 rings (SSSR count). The monoisotopic (exact) mass is 300 g/mol. The summed E-state index contributed by atoms with van der Waals surface area (Å²) in [6, 6.07) is 6.27. The Hall–Kier alpha value is -2.10. The zero-order valence-corrected chi connectivity index (χ0v) is 14.2. The number of carbonyl (C=O) groups is 1. The minimum Gasteiger partial charge on any atom is -0.443 e. The van der Waals surface area contributed by atoms with Crippen molar-refractivity contribution in [3.05, 3.63) is 53.1 Å². The van der Waals surface area contributed by atoms with E-state index in [0.29, 0.717) is 0 Å². The number of rotatable bonds is 2. The molecular formula is C18H24N2O2. The molecule has 0 N–H and O–H groups in total. The number of imidazole rings is 1. The molecule has 1 atom stereocenters. The van der Waals surface area contributed by atoms with Crippen molar-refractivity contribution in [2.24, 2.45) is 0 Å². The predicted molar refractivity (Wildman–Crippen MR) is 87.3 cm³/mol. The fourth-order valence-corrected chi connectivity index (χ4v) is 2.38. The third-order valence-electron chi connectivity index (χ3n) is 3.76. The molecule has 4 heteroatoms. The number of hydrogen-bond acceptors (Lipinski definition) is 3. The lowest BCUT2D eigenvalue weighted by atomic mass is 9.92. The summed E-state index contributed by atoms with van der Waals surface area (Å²) < 4.78 is 6.75. The van der Waals surface area contributed by atoms with Crippen molar-refractivity contribution >= 4 is 6.09 Å². The zero-order chi connectivity index (χ0) is 16.5. The van der Waals surface area contributed by atoms with Crippen LogP contribution in [0, 0.1) is 13.8 Å². The van der Waals surface area contributed by atoms with Crippen LogP contribution in [0.25, 0.3) is 0 Å². The number of nitrogens with zero attached hydrogens (tertiary/aromatic N) is 2. The molecule has 0 aliphatic carbocycles. The molecule has 22 heavy (non-hydrogen) atoms. The molecule has 1 aromatic heterocycles. The second kappa shape index (κ2) is 5.95. The highest BCUT2D eigenvalue weighted by Gasteiger charge is 2.20. The third-order valence-corrected chi connectivity index (χ3v) is 3.76. The van der Waals surface area contributed by atoms with Gasteiger partial charge in [0, 0.05) is 12.1 Å². The van der Waals surface area contributed by atoms with E-state index in [1.54, 1.807) is 6.20 Å². The predicted octanol–water partition coefficient (Wildman–Crippen LogP) is 4.43. The van der Waals surface area contributed by atoms with Crippen LogP contribution in [0.1, 0.15) is 56.0 Å². The summed E-state index contributed by atoms with van der Waals surface area (Å²) in [5.41, 5.74) is 4.10. The first kappa shape index (κ1) is 16.3. The fourth-order valence-electron chi connectivity index (χ4n) is 2.38. The first-order valence-electron chi connectivity index (χ1n) is 7.52. The maximum atomic E-state index is 12.1. The Morgan fingerprint density at radius 3 is 2.59 bits per heavy atom. The average Bonchev–Trinajstić information content (AvgIpc) is 2.89. The van der Waals surface area contributed by atoms with E-state index in [1.807, 2.05) is 20.8 Å². The first-order valence-corrected chi connectivity index (χ1v) is 7.52. The van der Waals surface area contributed by atoms with Crippen LogP contribution >= 0.6 is 0 Å². The van der Waals surface area contributed by atoms with E-state index in [1.165, 1.54) is 27.6 Å². The minimum absolute atomic E-state index is 0.128. The highest BCUT2D eigenvalue weighted by molar-refractivity contribution is 5.70. The van der Waals surface area contributed by atoms with Crippen molar-refractivity contribution in [2.75, 3.05) is 0 Å². The number of aryl methyl sites for hydroxylation is 1. The van der Waals surface area contributed by atoms with Gasteiger partial charge in [-0.25, -0.2) is 14.3 Å². The number of ether oxygens (including phenoxy) is 1. The van der Waals surface area contributed by atoms with Gasteiger partial charge in [0.05, 0.1) is 5.69 Å². The Balaban J connectivity index is 2.24. The van der Waals surface area contributed by atoms with Crippen LogP contribution in [0.2, 0.25) is 0 Å². The van der Waals surface area contributed by atoms with Gasteiger partial charge in [-0.2, -0.15) is 0 Å². The fraction of sp³-hybridized carbons (Fsp3) is 0.444. The second-order valence-electron chi connectivity index (χ2n) is 6.70. The molecule has 0 unspecified atom stereocenters. The normalized spacial score (nSPS) is 13.0. The lowest BCUT2D eigenvalue weighted by Gasteiger charge is -2.19. The van der Waals surface area contributed by atoms with Crippen LogP contribution < -0.4 is 0 Å². The van der Waals surface area contributed by atoms with Gasteiger partial charge in [-0.1, -0.05) is 25.1 Å². The molecular weight excluding hydrogens is 276 g/mol. The van der Waals surface area contributed by atoms with Gasteiger partial charge in [0.25, 0.3) is 0 Å².